The van der Waals surface area contributed by atoms with E-state index in [0.29, 0.717) is 62.1 Å². The van der Waals surface area contributed by atoms with E-state index in [1.807, 2.05) is 66.1 Å². The van der Waals surface area contributed by atoms with Gasteiger partial charge in [-0.2, -0.15) is 5.26 Å². The molecule has 6 rings (SSSR count). The fourth-order valence-electron chi connectivity index (χ4n) is 7.07. The van der Waals surface area contributed by atoms with Crippen molar-refractivity contribution in [3.05, 3.63) is 99.9 Å². The van der Waals surface area contributed by atoms with Crippen LogP contribution in [0.25, 0.3) is 5.57 Å². The SMILES string of the molecule is CN=CN=C(N)c1ccc(C2=CCN(C(=O)CN3CC[C@]4(CCN(c5ccc(C)c(C(=N)c6cnc(C#N)c(C)c6)c5)C4=O)C3)CC2)cc1. The van der Waals surface area contributed by atoms with Crippen molar-refractivity contribution in [3.8, 4) is 6.07 Å². The molecule has 1 atom stereocenters. The van der Waals surface area contributed by atoms with Gasteiger partial charge in [-0.1, -0.05) is 36.4 Å². The number of nitrogens with one attached hydrogen (secondary N) is 1. The molecule has 0 unspecified atom stereocenters. The van der Waals surface area contributed by atoms with E-state index in [-0.39, 0.29) is 11.8 Å². The third-order valence-corrected chi connectivity index (χ3v) is 10.0. The molecule has 11 nitrogen and oxygen atoms in total. The molecule has 11 heteroatoms. The lowest BCUT2D eigenvalue weighted by Crippen LogP contribution is -2.43. The predicted molar refractivity (Wildman–Crippen MR) is 192 cm³/mol. The first-order valence-electron chi connectivity index (χ1n) is 16.5. The molecule has 1 spiro atoms. The van der Waals surface area contributed by atoms with Gasteiger partial charge in [-0.25, -0.2) is 9.98 Å². The van der Waals surface area contributed by atoms with Crippen molar-refractivity contribution in [1.82, 2.24) is 14.8 Å². The van der Waals surface area contributed by atoms with Crippen LogP contribution in [0.5, 0.6) is 0 Å². The maximum Gasteiger partial charge on any atom is 0.237 e. The van der Waals surface area contributed by atoms with Gasteiger partial charge in [0.15, 0.2) is 0 Å². The molecule has 3 aliphatic heterocycles. The third kappa shape index (κ3) is 6.78. The van der Waals surface area contributed by atoms with E-state index in [0.717, 1.165) is 52.8 Å². The Kier molecular flexibility index (Phi) is 9.51. The first kappa shape index (κ1) is 33.4. The number of aliphatic imine (C=N–C) groups is 2. The summed E-state index contributed by atoms with van der Waals surface area (Å²) in [5.41, 5.74) is 13.1. The predicted octanol–water partition coefficient (Wildman–Crippen LogP) is 4.09. The van der Waals surface area contributed by atoms with E-state index in [9.17, 15) is 14.9 Å². The standard InChI is InChI=1S/C38H41N9O2/c1-25-4-9-31(19-32(25)35(40)30-18-26(2)33(20-39)43-21-30)47-17-13-38(37(47)49)12-16-45(23-38)22-34(48)46-14-10-28(11-15-46)27-5-7-29(8-6-27)36(41)44-24-42-3/h4-10,18-19,21,24,40H,11-17,22-23H2,1-3H3,(H2,41,42,44)/t38-/m0/s1. The zero-order chi connectivity index (χ0) is 34.7. The van der Waals surface area contributed by atoms with Crippen LogP contribution in [0.3, 0.4) is 0 Å². The summed E-state index contributed by atoms with van der Waals surface area (Å²) < 4.78 is 0. The minimum atomic E-state index is -0.508. The molecule has 0 radical (unpaired) electrons. The number of aryl methyl sites for hydroxylation is 2. The number of hydrogen-bond donors (Lipinski definition) is 2. The lowest BCUT2D eigenvalue weighted by atomic mass is 9.85. The highest BCUT2D eigenvalue weighted by Crippen LogP contribution is 2.42. The van der Waals surface area contributed by atoms with Crippen LogP contribution in [0.1, 0.15) is 58.3 Å². The number of amides is 2. The topological polar surface area (TPSA) is 155 Å². The van der Waals surface area contributed by atoms with E-state index in [1.54, 1.807) is 19.3 Å². The van der Waals surface area contributed by atoms with Crippen LogP contribution in [-0.4, -0.2) is 90.8 Å². The first-order valence-corrected chi connectivity index (χ1v) is 16.5. The number of benzene rings is 2. The maximum atomic E-state index is 14.0. The van der Waals surface area contributed by atoms with E-state index in [1.165, 1.54) is 11.9 Å². The molecule has 3 aromatic rings. The molecular formula is C38H41N9O2. The van der Waals surface area contributed by atoms with Crippen molar-refractivity contribution < 1.29 is 9.59 Å². The van der Waals surface area contributed by atoms with Gasteiger partial charge in [0.25, 0.3) is 0 Å². The largest absolute Gasteiger partial charge is 0.383 e. The summed E-state index contributed by atoms with van der Waals surface area (Å²) in [7, 11) is 1.65. The minimum absolute atomic E-state index is 0.0841. The molecule has 3 N–H and O–H groups in total. The Hall–Kier alpha value is -5.47. The number of nitrogens with zero attached hydrogens (tertiary/aromatic N) is 7. The summed E-state index contributed by atoms with van der Waals surface area (Å²) in [6.07, 6.45) is 7.33. The fourth-order valence-corrected chi connectivity index (χ4v) is 7.07. The van der Waals surface area contributed by atoms with E-state index in [2.05, 4.69) is 32.0 Å². The molecule has 3 aliphatic rings. The van der Waals surface area contributed by atoms with E-state index >= 15 is 0 Å². The monoisotopic (exact) mass is 655 g/mol. The molecule has 49 heavy (non-hydrogen) atoms. The minimum Gasteiger partial charge on any atom is -0.383 e. The van der Waals surface area contributed by atoms with Gasteiger partial charge in [-0.05, 0) is 80.1 Å². The van der Waals surface area contributed by atoms with Gasteiger partial charge in [0, 0.05) is 61.8 Å². The Bertz CT molecular complexity index is 1940. The van der Waals surface area contributed by atoms with Crippen LogP contribution in [-0.2, 0) is 9.59 Å². The van der Waals surface area contributed by atoms with Crippen LogP contribution in [0, 0.1) is 36.0 Å². The summed E-state index contributed by atoms with van der Waals surface area (Å²) in [5.74, 6) is 0.584. The number of rotatable bonds is 8. The Balaban J connectivity index is 1.06. The van der Waals surface area contributed by atoms with E-state index in [4.69, 9.17) is 11.1 Å². The zero-order valence-corrected chi connectivity index (χ0v) is 28.2. The van der Waals surface area contributed by atoms with E-state index < -0.39 is 5.41 Å². The first-order chi connectivity index (χ1) is 23.6. The van der Waals surface area contributed by atoms with Crippen molar-refractivity contribution >= 4 is 41.0 Å². The van der Waals surface area contributed by atoms with Crippen LogP contribution in [0.4, 0.5) is 5.69 Å². The molecule has 2 amide bonds. The van der Waals surface area contributed by atoms with Gasteiger partial charge in [0.1, 0.15) is 23.9 Å². The number of amidine groups is 1. The highest BCUT2D eigenvalue weighted by Gasteiger charge is 2.51. The van der Waals surface area contributed by atoms with Gasteiger partial charge in [-0.3, -0.25) is 24.9 Å². The number of pyridine rings is 1. The average molecular weight is 656 g/mol. The van der Waals surface area contributed by atoms with Crippen molar-refractivity contribution in [3.63, 3.8) is 0 Å². The highest BCUT2D eigenvalue weighted by atomic mass is 16.2. The molecule has 0 saturated carbocycles. The molecule has 250 valence electrons. The smallest absolute Gasteiger partial charge is 0.237 e. The summed E-state index contributed by atoms with van der Waals surface area (Å²) in [6.45, 7) is 7.14. The number of likely N-dealkylation sites (tertiary alicyclic amines) is 1. The Morgan fingerprint density at radius 3 is 2.55 bits per heavy atom. The highest BCUT2D eigenvalue weighted by molar-refractivity contribution is 6.12. The summed E-state index contributed by atoms with van der Waals surface area (Å²) in [4.78, 5) is 45.4. The Morgan fingerprint density at radius 1 is 1.08 bits per heavy atom. The molecular weight excluding hydrogens is 614 g/mol. The van der Waals surface area contributed by atoms with Crippen molar-refractivity contribution in [2.24, 2.45) is 21.1 Å². The molecule has 4 heterocycles. The molecule has 0 aliphatic carbocycles. The lowest BCUT2D eigenvalue weighted by molar-refractivity contribution is -0.132. The van der Waals surface area contributed by atoms with Crippen molar-refractivity contribution in [2.75, 3.05) is 51.2 Å². The van der Waals surface area contributed by atoms with Crippen LogP contribution >= 0.6 is 0 Å². The second-order valence-corrected chi connectivity index (χ2v) is 13.1. The van der Waals surface area contributed by atoms with Gasteiger partial charge < -0.3 is 15.5 Å². The average Bonchev–Trinajstić information content (AvgIpc) is 3.68. The van der Waals surface area contributed by atoms with Gasteiger partial charge in [0.2, 0.25) is 11.8 Å². The number of anilines is 1. The molecule has 1 aromatic heterocycles. The van der Waals surface area contributed by atoms with Crippen molar-refractivity contribution in [2.45, 2.75) is 33.1 Å². The lowest BCUT2D eigenvalue weighted by Gasteiger charge is -2.29. The molecule has 2 aromatic carbocycles. The van der Waals surface area contributed by atoms with Crippen LogP contribution in [0.2, 0.25) is 0 Å². The summed E-state index contributed by atoms with van der Waals surface area (Å²) in [5, 5.41) is 18.1. The van der Waals surface area contributed by atoms with Crippen LogP contribution < -0.4 is 10.6 Å². The fraction of sp³-hybridized carbons (Fsp3) is 0.342. The maximum absolute atomic E-state index is 14.0. The number of nitrogens with two attached hydrogens (primary N) is 1. The molecule has 0 bridgehead atoms. The zero-order valence-electron chi connectivity index (χ0n) is 28.2. The number of carbonyl (C=O) groups is 2. The summed E-state index contributed by atoms with van der Waals surface area (Å²) in [6, 6.07) is 17.6. The second kappa shape index (κ2) is 13.9. The number of nitriles is 1. The number of hydrogen-bond acceptors (Lipinski definition) is 7. The number of carbonyl (C=O) groups excluding carboxylic acids is 2. The Labute approximate surface area is 287 Å². The molecule has 2 fully saturated rings. The number of aromatic nitrogens is 1. The van der Waals surface area contributed by atoms with Crippen LogP contribution in [0.15, 0.2) is 70.8 Å². The van der Waals surface area contributed by atoms with Gasteiger partial charge in [0.05, 0.1) is 17.7 Å². The quantitative estimate of drug-likeness (QED) is 0.275. The second-order valence-electron chi connectivity index (χ2n) is 13.1. The molecule has 2 saturated heterocycles. The normalized spacial score (nSPS) is 19.9. The summed E-state index contributed by atoms with van der Waals surface area (Å²) >= 11 is 0. The van der Waals surface area contributed by atoms with Gasteiger partial charge in [-0.15, -0.1) is 0 Å². The third-order valence-electron chi connectivity index (χ3n) is 10.0. The Morgan fingerprint density at radius 2 is 1.86 bits per heavy atom. The van der Waals surface area contributed by atoms with Gasteiger partial charge >= 0.3 is 0 Å². The van der Waals surface area contributed by atoms with Crippen molar-refractivity contribution in [1.29, 1.82) is 10.7 Å².